The van der Waals surface area contributed by atoms with Crippen LogP contribution in [-0.4, -0.2) is 21.5 Å². The molecular weight excluding hydrogens is 106 g/mol. The molecule has 0 fully saturated rings. The van der Waals surface area contributed by atoms with Gasteiger partial charge in [-0.3, -0.25) is 4.79 Å². The summed E-state index contributed by atoms with van der Waals surface area (Å²) in [7, 11) is 0. The Morgan fingerprint density at radius 1 is 1.50 bits per heavy atom. The predicted molar refractivity (Wildman–Crippen MR) is 24.6 cm³/mol. The van der Waals surface area contributed by atoms with Crippen LogP contribution in [0.15, 0.2) is 12.4 Å². The minimum Gasteiger partial charge on any atom is -0.281 e. The zero-order valence-corrected chi connectivity index (χ0v) is 3.90. The van der Waals surface area contributed by atoms with Crippen molar-refractivity contribution < 1.29 is 4.79 Å². The van der Waals surface area contributed by atoms with Gasteiger partial charge in [-0.05, 0) is 0 Å². The van der Waals surface area contributed by atoms with E-state index in [1.807, 2.05) is 0 Å². The Balaban J connectivity index is 2.99. The number of hydrogen-bond donors (Lipinski definition) is 0. The summed E-state index contributed by atoms with van der Waals surface area (Å²) in [6.45, 7) is 0. The van der Waals surface area contributed by atoms with Gasteiger partial charge in [-0.25, -0.2) is 4.98 Å². The minimum absolute atomic E-state index is 0.00694. The summed E-state index contributed by atoms with van der Waals surface area (Å²) in [5.74, 6) is -0.00694. The first kappa shape index (κ1) is 4.83. The Hall–Kier alpha value is -1.32. The Kier molecular flexibility index (Phi) is 1.27. The minimum atomic E-state index is -0.00694. The van der Waals surface area contributed by atoms with Crippen LogP contribution in [0.2, 0.25) is 0 Å². The van der Waals surface area contributed by atoms with Gasteiger partial charge in [-0.1, -0.05) is 0 Å². The van der Waals surface area contributed by atoms with Crippen LogP contribution in [-0.2, 0) is 4.79 Å². The van der Waals surface area contributed by atoms with Crippen molar-refractivity contribution in [2.75, 3.05) is 0 Å². The number of carbonyl (C=O) groups excluding carboxylic acids is 1. The van der Waals surface area contributed by atoms with Gasteiger partial charge in [0.25, 0.3) is 6.29 Å². The predicted octanol–water partition coefficient (Wildman–Crippen LogP) is -0.671. The second kappa shape index (κ2) is 2.11. The lowest BCUT2D eigenvalue weighted by atomic mass is 10.7. The van der Waals surface area contributed by atoms with Crippen LogP contribution in [0.1, 0.15) is 5.82 Å². The SMILES string of the molecule is O=[C]c1nccnn1. The maximum atomic E-state index is 9.72. The van der Waals surface area contributed by atoms with Crippen LogP contribution < -0.4 is 0 Å². The molecule has 1 rings (SSSR count). The Labute approximate surface area is 45.6 Å². The second-order valence-corrected chi connectivity index (χ2v) is 1.07. The van der Waals surface area contributed by atoms with Crippen molar-refractivity contribution >= 4 is 6.29 Å². The van der Waals surface area contributed by atoms with E-state index < -0.39 is 0 Å². The van der Waals surface area contributed by atoms with Crippen molar-refractivity contribution in [3.05, 3.63) is 18.2 Å². The fraction of sp³-hybridized carbons (Fsp3) is 0. The highest BCUT2D eigenvalue weighted by Gasteiger charge is 1.87. The van der Waals surface area contributed by atoms with Crippen molar-refractivity contribution in [2.45, 2.75) is 0 Å². The van der Waals surface area contributed by atoms with Crippen molar-refractivity contribution in [3.63, 3.8) is 0 Å². The van der Waals surface area contributed by atoms with E-state index in [4.69, 9.17) is 0 Å². The van der Waals surface area contributed by atoms with Crippen molar-refractivity contribution in [1.29, 1.82) is 0 Å². The molecule has 1 heterocycles. The molecule has 0 saturated heterocycles. The number of hydrogen-bond acceptors (Lipinski definition) is 4. The Morgan fingerprint density at radius 3 is 2.75 bits per heavy atom. The number of aromatic nitrogens is 3. The molecule has 8 heavy (non-hydrogen) atoms. The summed E-state index contributed by atoms with van der Waals surface area (Å²) in [4.78, 5) is 13.2. The molecule has 39 valence electrons. The van der Waals surface area contributed by atoms with E-state index in [1.165, 1.54) is 18.7 Å². The van der Waals surface area contributed by atoms with Gasteiger partial charge >= 0.3 is 0 Å². The van der Waals surface area contributed by atoms with Crippen molar-refractivity contribution in [2.24, 2.45) is 0 Å². The van der Waals surface area contributed by atoms with E-state index in [0.717, 1.165) is 0 Å². The highest BCUT2D eigenvalue weighted by Crippen LogP contribution is 1.73. The summed E-state index contributed by atoms with van der Waals surface area (Å²) in [6, 6.07) is 0. The monoisotopic (exact) mass is 108 g/mol. The molecule has 0 bridgehead atoms. The van der Waals surface area contributed by atoms with Crippen LogP contribution >= 0.6 is 0 Å². The first-order valence-electron chi connectivity index (χ1n) is 1.95. The van der Waals surface area contributed by atoms with Crippen LogP contribution in [0.5, 0.6) is 0 Å². The van der Waals surface area contributed by atoms with E-state index in [2.05, 4.69) is 15.2 Å². The standard InChI is InChI=1S/C4H2N3O/c8-3-4-5-1-2-6-7-4/h1-2H. The van der Waals surface area contributed by atoms with E-state index in [1.54, 1.807) is 0 Å². The second-order valence-electron chi connectivity index (χ2n) is 1.07. The van der Waals surface area contributed by atoms with Crippen LogP contribution in [0.4, 0.5) is 0 Å². The molecule has 0 amide bonds. The Bertz CT molecular complexity index is 174. The van der Waals surface area contributed by atoms with Crippen molar-refractivity contribution in [1.82, 2.24) is 15.2 Å². The molecule has 1 radical (unpaired) electrons. The van der Waals surface area contributed by atoms with Crippen LogP contribution in [0, 0.1) is 0 Å². The van der Waals surface area contributed by atoms with Gasteiger partial charge in [-0.2, -0.15) is 5.10 Å². The average Bonchev–Trinajstić information content (AvgIpc) is 1.90. The van der Waals surface area contributed by atoms with Gasteiger partial charge in [0.2, 0.25) is 5.82 Å². The lowest BCUT2D eigenvalue weighted by molar-refractivity contribution is 0.559. The normalized spacial score (nSPS) is 8.50. The summed E-state index contributed by atoms with van der Waals surface area (Å²) < 4.78 is 0. The van der Waals surface area contributed by atoms with Gasteiger partial charge in [0.1, 0.15) is 0 Å². The molecule has 0 N–H and O–H groups in total. The highest BCUT2D eigenvalue weighted by molar-refractivity contribution is 5.68. The molecule has 4 nitrogen and oxygen atoms in total. The van der Waals surface area contributed by atoms with E-state index in [0.29, 0.717) is 0 Å². The molecule has 0 aromatic carbocycles. The molecule has 0 atom stereocenters. The molecule has 1 aromatic heterocycles. The summed E-state index contributed by atoms with van der Waals surface area (Å²) >= 11 is 0. The third kappa shape index (κ3) is 0.841. The third-order valence-corrected chi connectivity index (χ3v) is 0.574. The Morgan fingerprint density at radius 2 is 2.38 bits per heavy atom. The summed E-state index contributed by atoms with van der Waals surface area (Å²) in [5.41, 5.74) is 0. The summed E-state index contributed by atoms with van der Waals surface area (Å²) in [6.07, 6.45) is 4.26. The van der Waals surface area contributed by atoms with E-state index in [9.17, 15) is 4.79 Å². The van der Waals surface area contributed by atoms with Gasteiger partial charge in [0, 0.05) is 6.20 Å². The lowest BCUT2D eigenvalue weighted by Gasteiger charge is -1.78. The topological polar surface area (TPSA) is 55.7 Å². The molecular formula is C4H2N3O. The van der Waals surface area contributed by atoms with Gasteiger partial charge in [0.05, 0.1) is 6.20 Å². The largest absolute Gasteiger partial charge is 0.281 e. The van der Waals surface area contributed by atoms with Gasteiger partial charge < -0.3 is 0 Å². The van der Waals surface area contributed by atoms with Crippen LogP contribution in [0.25, 0.3) is 0 Å². The zero-order valence-electron chi connectivity index (χ0n) is 3.90. The molecule has 0 saturated carbocycles. The first-order valence-corrected chi connectivity index (χ1v) is 1.95. The molecule has 0 unspecified atom stereocenters. The van der Waals surface area contributed by atoms with Gasteiger partial charge in [-0.15, -0.1) is 5.10 Å². The summed E-state index contributed by atoms with van der Waals surface area (Å²) in [5, 5.41) is 6.69. The molecule has 0 aliphatic rings. The zero-order chi connectivity index (χ0) is 5.82. The molecule has 0 spiro atoms. The maximum Gasteiger partial charge on any atom is 0.275 e. The first-order chi connectivity index (χ1) is 3.93. The molecule has 0 aliphatic heterocycles. The lowest BCUT2D eigenvalue weighted by Crippen LogP contribution is -1.92. The van der Waals surface area contributed by atoms with Gasteiger partial charge in [0.15, 0.2) is 0 Å². The third-order valence-electron chi connectivity index (χ3n) is 0.574. The molecule has 1 aromatic rings. The smallest absolute Gasteiger partial charge is 0.275 e. The number of rotatable bonds is 1. The maximum absolute atomic E-state index is 9.72. The van der Waals surface area contributed by atoms with Crippen molar-refractivity contribution in [3.8, 4) is 0 Å². The van der Waals surface area contributed by atoms with E-state index in [-0.39, 0.29) is 5.82 Å². The quantitative estimate of drug-likeness (QED) is 0.478. The molecule has 4 heteroatoms. The fourth-order valence-corrected chi connectivity index (χ4v) is 0.294. The average molecular weight is 108 g/mol. The molecule has 0 aliphatic carbocycles. The van der Waals surface area contributed by atoms with E-state index >= 15 is 0 Å². The number of nitrogens with zero attached hydrogens (tertiary/aromatic N) is 3. The van der Waals surface area contributed by atoms with Crippen LogP contribution in [0.3, 0.4) is 0 Å². The fourth-order valence-electron chi connectivity index (χ4n) is 0.294. The highest BCUT2D eigenvalue weighted by atomic mass is 16.1.